The van der Waals surface area contributed by atoms with Gasteiger partial charge in [0.15, 0.2) is 11.9 Å². The summed E-state index contributed by atoms with van der Waals surface area (Å²) in [7, 11) is 0. The van der Waals surface area contributed by atoms with Gasteiger partial charge in [0.2, 0.25) is 0 Å². The fourth-order valence-corrected chi connectivity index (χ4v) is 8.09. The standard InChI is InChI=1S/C38H28N4/c1-2-9-23(10-3-1)24-17-19-25(20-18-24)41-33-16-7-4-11-26(33)29-21-35-30(22-34(29)41)27-12-8-13-28-36-38(42(35)37(27)28)40-32-15-6-5-14-31(32)39-36/h1-21,30,36,38-40H,22H2/p+1. The lowest BCUT2D eigenvalue weighted by atomic mass is 9.85. The number of rotatable bonds is 2. The van der Waals surface area contributed by atoms with Crippen LogP contribution < -0.4 is 15.5 Å². The Morgan fingerprint density at radius 2 is 1.45 bits per heavy atom. The van der Waals surface area contributed by atoms with Crippen molar-refractivity contribution in [2.75, 3.05) is 10.2 Å². The minimum atomic E-state index is 0.266. The summed E-state index contributed by atoms with van der Waals surface area (Å²) in [6, 6.07) is 44.6. The molecule has 3 N–H and O–H groups in total. The fraction of sp³-hybridized carbons (Fsp3) is 0.105. The Morgan fingerprint density at radius 1 is 0.690 bits per heavy atom. The maximum Gasteiger partial charge on any atom is 0.195 e. The normalized spacial score (nSPS) is 20.7. The van der Waals surface area contributed by atoms with Crippen LogP contribution in [-0.2, 0) is 6.42 Å². The number of nitrogens with zero attached hydrogens (tertiary/aromatic N) is 2. The highest BCUT2D eigenvalue weighted by Crippen LogP contribution is 2.57. The van der Waals surface area contributed by atoms with Crippen LogP contribution in [0.25, 0.3) is 33.8 Å². The summed E-state index contributed by atoms with van der Waals surface area (Å²) in [5.74, 6) is 0.352. The highest BCUT2D eigenvalue weighted by Gasteiger charge is 2.53. The number of allylic oxidation sites excluding steroid dienone is 1. The number of quaternary nitrogens is 1. The molecule has 200 valence electrons. The van der Waals surface area contributed by atoms with Crippen LogP contribution in [0.2, 0.25) is 0 Å². The zero-order valence-electron chi connectivity index (χ0n) is 23.0. The first-order valence-electron chi connectivity index (χ1n) is 15.0. The average molecular weight is 542 g/mol. The summed E-state index contributed by atoms with van der Waals surface area (Å²) in [6.07, 6.45) is 3.78. The first kappa shape index (κ1) is 22.6. The van der Waals surface area contributed by atoms with Crippen molar-refractivity contribution in [2.24, 2.45) is 0 Å². The van der Waals surface area contributed by atoms with Gasteiger partial charge in [-0.15, -0.1) is 0 Å². The summed E-state index contributed by atoms with van der Waals surface area (Å²) in [6.45, 7) is 0. The zero-order chi connectivity index (χ0) is 27.4. The predicted octanol–water partition coefficient (Wildman–Crippen LogP) is 7.50. The van der Waals surface area contributed by atoms with Crippen molar-refractivity contribution < 1.29 is 5.32 Å². The van der Waals surface area contributed by atoms with Crippen LogP contribution in [-0.4, -0.2) is 10.7 Å². The molecule has 0 fully saturated rings. The van der Waals surface area contributed by atoms with Crippen molar-refractivity contribution in [3.8, 4) is 16.8 Å². The molecule has 0 bridgehead atoms. The molecule has 0 spiro atoms. The van der Waals surface area contributed by atoms with E-state index in [1.54, 1.807) is 0 Å². The minimum absolute atomic E-state index is 0.266. The van der Waals surface area contributed by atoms with Gasteiger partial charge in [-0.25, -0.2) is 0 Å². The second kappa shape index (κ2) is 8.25. The number of benzene rings is 5. The number of para-hydroxylation sites is 4. The quantitative estimate of drug-likeness (QED) is 0.223. The van der Waals surface area contributed by atoms with E-state index in [1.165, 1.54) is 72.9 Å². The van der Waals surface area contributed by atoms with E-state index in [0.717, 1.165) is 6.42 Å². The molecular weight excluding hydrogens is 512 g/mol. The molecule has 0 saturated heterocycles. The predicted molar refractivity (Wildman–Crippen MR) is 170 cm³/mol. The average Bonchev–Trinajstić information content (AvgIpc) is 3.67. The molecule has 4 heteroatoms. The van der Waals surface area contributed by atoms with Crippen LogP contribution in [0.1, 0.15) is 34.3 Å². The number of nitrogens with two attached hydrogens (primary N) is 1. The molecule has 42 heavy (non-hydrogen) atoms. The highest BCUT2D eigenvalue weighted by atomic mass is 15.4. The first-order chi connectivity index (χ1) is 20.8. The van der Waals surface area contributed by atoms with Gasteiger partial charge in [0.25, 0.3) is 0 Å². The largest absolute Gasteiger partial charge is 0.366 e. The summed E-state index contributed by atoms with van der Waals surface area (Å²) < 4.78 is 2.51. The molecule has 3 aliphatic heterocycles. The SMILES string of the molecule is C1=C2C(Cc3c1c1ccccc1n3-c1ccc(-c3ccccc3)cc1)c1cccc3c1N2C1[NH2+]c2ccccc2NC31. The Hall–Kier alpha value is -5.06. The van der Waals surface area contributed by atoms with Gasteiger partial charge in [0.05, 0.1) is 16.9 Å². The maximum absolute atomic E-state index is 3.89. The van der Waals surface area contributed by atoms with Crippen LogP contribution >= 0.6 is 0 Å². The third-order valence-corrected chi connectivity index (χ3v) is 9.89. The Bertz CT molecular complexity index is 2090. The zero-order valence-corrected chi connectivity index (χ0v) is 23.0. The topological polar surface area (TPSA) is 36.8 Å². The molecule has 4 nitrogen and oxygen atoms in total. The van der Waals surface area contributed by atoms with Crippen LogP contribution in [0.4, 0.5) is 17.1 Å². The first-order valence-corrected chi connectivity index (χ1v) is 15.0. The number of hydrogen-bond donors (Lipinski definition) is 2. The van der Waals surface area contributed by atoms with Gasteiger partial charge < -0.3 is 9.88 Å². The number of hydrogen-bond acceptors (Lipinski definition) is 2. The van der Waals surface area contributed by atoms with Crippen molar-refractivity contribution in [1.82, 2.24) is 4.57 Å². The lowest BCUT2D eigenvalue weighted by Gasteiger charge is -2.34. The molecule has 10 rings (SSSR count). The van der Waals surface area contributed by atoms with Crippen molar-refractivity contribution in [3.05, 3.63) is 149 Å². The van der Waals surface area contributed by atoms with Gasteiger partial charge in [0, 0.05) is 52.0 Å². The van der Waals surface area contributed by atoms with Crippen molar-refractivity contribution in [1.29, 1.82) is 0 Å². The maximum atomic E-state index is 3.89. The fourth-order valence-electron chi connectivity index (χ4n) is 8.09. The van der Waals surface area contributed by atoms with Gasteiger partial charge in [-0.1, -0.05) is 91.0 Å². The number of nitrogens with one attached hydrogen (secondary N) is 1. The molecule has 0 radical (unpaired) electrons. The molecule has 4 heterocycles. The van der Waals surface area contributed by atoms with E-state index in [0.29, 0.717) is 5.92 Å². The van der Waals surface area contributed by atoms with E-state index in [-0.39, 0.29) is 12.2 Å². The molecule has 0 saturated carbocycles. The molecule has 6 aromatic rings. The molecule has 1 aromatic heterocycles. The minimum Gasteiger partial charge on any atom is -0.366 e. The highest BCUT2D eigenvalue weighted by molar-refractivity contribution is 5.96. The van der Waals surface area contributed by atoms with Crippen LogP contribution in [0.3, 0.4) is 0 Å². The molecule has 5 aromatic carbocycles. The second-order valence-corrected chi connectivity index (χ2v) is 12.0. The van der Waals surface area contributed by atoms with Crippen molar-refractivity contribution in [3.63, 3.8) is 0 Å². The van der Waals surface area contributed by atoms with Crippen molar-refractivity contribution in [2.45, 2.75) is 24.5 Å². The molecule has 3 unspecified atom stereocenters. The smallest absolute Gasteiger partial charge is 0.195 e. The van der Waals surface area contributed by atoms with E-state index in [2.05, 4.69) is 148 Å². The summed E-state index contributed by atoms with van der Waals surface area (Å²) in [5, 5.41) is 7.70. The Balaban J connectivity index is 1.13. The third-order valence-electron chi connectivity index (χ3n) is 9.89. The van der Waals surface area contributed by atoms with E-state index in [9.17, 15) is 0 Å². The second-order valence-electron chi connectivity index (χ2n) is 12.0. The summed E-state index contributed by atoms with van der Waals surface area (Å²) in [5.41, 5.74) is 16.1. The Morgan fingerprint density at radius 3 is 2.36 bits per heavy atom. The third kappa shape index (κ3) is 2.94. The summed E-state index contributed by atoms with van der Waals surface area (Å²) in [4.78, 5) is 2.66. The number of fused-ring (bicyclic) bond motifs is 10. The van der Waals surface area contributed by atoms with Crippen LogP contribution in [0.15, 0.2) is 127 Å². The summed E-state index contributed by atoms with van der Waals surface area (Å²) >= 11 is 0. The van der Waals surface area contributed by atoms with E-state index in [4.69, 9.17) is 0 Å². The number of aromatic nitrogens is 1. The molecule has 1 aliphatic carbocycles. The van der Waals surface area contributed by atoms with Crippen LogP contribution in [0, 0.1) is 0 Å². The van der Waals surface area contributed by atoms with Gasteiger partial charge >= 0.3 is 0 Å². The van der Waals surface area contributed by atoms with Gasteiger partial charge in [-0.05, 0) is 47.0 Å². The molecule has 4 aliphatic rings. The lowest BCUT2D eigenvalue weighted by Crippen LogP contribution is -2.91. The number of anilines is 2. The van der Waals surface area contributed by atoms with Gasteiger partial charge in [-0.2, -0.15) is 0 Å². The lowest BCUT2D eigenvalue weighted by molar-refractivity contribution is -0.613. The van der Waals surface area contributed by atoms with Gasteiger partial charge in [0.1, 0.15) is 6.04 Å². The van der Waals surface area contributed by atoms with E-state index >= 15 is 0 Å². The van der Waals surface area contributed by atoms with E-state index < -0.39 is 0 Å². The molecule has 0 amide bonds. The molecular formula is C38H29N4+. The van der Waals surface area contributed by atoms with E-state index in [1.807, 2.05) is 0 Å². The monoisotopic (exact) mass is 541 g/mol. The Kier molecular flexibility index (Phi) is 4.44. The molecule has 3 atom stereocenters. The Labute approximate surface area is 244 Å². The van der Waals surface area contributed by atoms with Crippen molar-refractivity contribution >= 4 is 34.0 Å². The van der Waals surface area contributed by atoms with Crippen LogP contribution in [0.5, 0.6) is 0 Å². The van der Waals surface area contributed by atoms with Gasteiger partial charge in [-0.3, -0.25) is 10.2 Å².